The fourth-order valence-electron chi connectivity index (χ4n) is 1.70. The molecule has 0 saturated heterocycles. The minimum absolute atomic E-state index is 0.0647. The number of nitrogens with two attached hydrogens (primary N) is 1. The van der Waals surface area contributed by atoms with Crippen molar-refractivity contribution in [1.82, 2.24) is 0 Å². The van der Waals surface area contributed by atoms with Gasteiger partial charge in [-0.3, -0.25) is 0 Å². The zero-order chi connectivity index (χ0) is 12.9. The lowest BCUT2D eigenvalue weighted by molar-refractivity contribution is 0.128. The van der Waals surface area contributed by atoms with Crippen molar-refractivity contribution >= 4 is 0 Å². The highest BCUT2D eigenvalue weighted by atomic mass is 16.5. The first kappa shape index (κ1) is 14.0. The third-order valence-corrected chi connectivity index (χ3v) is 2.60. The van der Waals surface area contributed by atoms with Crippen LogP contribution in [0.15, 0.2) is 18.2 Å². The fraction of sp³-hybridized carbons (Fsp3) is 0.571. The number of methoxy groups -OCH3 is 1. The molecule has 3 nitrogen and oxygen atoms in total. The lowest BCUT2D eigenvalue weighted by Crippen LogP contribution is -2.14. The van der Waals surface area contributed by atoms with E-state index in [1.807, 2.05) is 12.1 Å². The van der Waals surface area contributed by atoms with Crippen molar-refractivity contribution < 1.29 is 9.47 Å². The molecule has 96 valence electrons. The van der Waals surface area contributed by atoms with Gasteiger partial charge in [0, 0.05) is 6.54 Å². The number of hydrogen-bond acceptors (Lipinski definition) is 3. The average molecular weight is 237 g/mol. The van der Waals surface area contributed by atoms with E-state index in [4.69, 9.17) is 15.2 Å². The Labute approximate surface area is 104 Å². The van der Waals surface area contributed by atoms with E-state index in [0.29, 0.717) is 19.8 Å². The van der Waals surface area contributed by atoms with Crippen LogP contribution in [0.2, 0.25) is 0 Å². The molecule has 1 aromatic rings. The molecule has 0 aliphatic carbocycles. The molecule has 0 saturated carbocycles. The van der Waals surface area contributed by atoms with Crippen molar-refractivity contribution in [3.63, 3.8) is 0 Å². The number of rotatable bonds is 5. The predicted molar refractivity (Wildman–Crippen MR) is 70.4 cm³/mol. The molecule has 0 bridgehead atoms. The molecule has 1 rings (SSSR count). The zero-order valence-corrected chi connectivity index (χ0v) is 11.2. The van der Waals surface area contributed by atoms with Crippen molar-refractivity contribution in [2.75, 3.05) is 20.3 Å². The second-order valence-corrected chi connectivity index (χ2v) is 5.13. The van der Waals surface area contributed by atoms with E-state index in [1.165, 1.54) is 5.56 Å². The molecule has 0 aromatic heterocycles. The Morgan fingerprint density at radius 1 is 1.24 bits per heavy atom. The highest BCUT2D eigenvalue weighted by Gasteiger charge is 2.19. The van der Waals surface area contributed by atoms with Crippen LogP contribution < -0.4 is 10.5 Å². The van der Waals surface area contributed by atoms with Gasteiger partial charge in [0.2, 0.25) is 0 Å². The van der Waals surface area contributed by atoms with Crippen LogP contribution in [0.5, 0.6) is 5.75 Å². The quantitative estimate of drug-likeness (QED) is 0.800. The van der Waals surface area contributed by atoms with Crippen molar-refractivity contribution in [3.05, 3.63) is 29.3 Å². The maximum atomic E-state index is 5.44. The second-order valence-electron chi connectivity index (χ2n) is 5.13. The summed E-state index contributed by atoms with van der Waals surface area (Å²) < 4.78 is 10.8. The van der Waals surface area contributed by atoms with Crippen LogP contribution >= 0.6 is 0 Å². The van der Waals surface area contributed by atoms with Crippen molar-refractivity contribution in [3.8, 4) is 5.75 Å². The first-order valence-electron chi connectivity index (χ1n) is 5.94. The van der Waals surface area contributed by atoms with Crippen LogP contribution in [0, 0.1) is 0 Å². The highest BCUT2D eigenvalue weighted by Crippen LogP contribution is 2.32. The molecule has 0 radical (unpaired) electrons. The summed E-state index contributed by atoms with van der Waals surface area (Å²) in [5, 5.41) is 0. The molecule has 0 heterocycles. The maximum Gasteiger partial charge on any atom is 0.122 e. The third kappa shape index (κ3) is 4.02. The summed E-state index contributed by atoms with van der Waals surface area (Å²) in [5.41, 5.74) is 7.82. The molecule has 0 spiro atoms. The maximum absolute atomic E-state index is 5.44. The summed E-state index contributed by atoms with van der Waals surface area (Å²) >= 11 is 0. The Bertz CT molecular complexity index is 356. The summed E-state index contributed by atoms with van der Waals surface area (Å²) in [6.45, 7) is 8.28. The van der Waals surface area contributed by atoms with Gasteiger partial charge in [-0.25, -0.2) is 0 Å². The Hall–Kier alpha value is -1.06. The standard InChI is InChI=1S/C14H23NO2/c1-14(2,3)12-9-11(10-17-8-7-15)5-6-13(12)16-4/h5-6,9H,7-8,10,15H2,1-4H3. The molecule has 0 atom stereocenters. The van der Waals surface area contributed by atoms with Gasteiger partial charge in [0.25, 0.3) is 0 Å². The van der Waals surface area contributed by atoms with Gasteiger partial charge in [0.05, 0.1) is 20.3 Å². The Balaban J connectivity index is 2.89. The van der Waals surface area contributed by atoms with Crippen LogP contribution in [-0.4, -0.2) is 20.3 Å². The number of hydrogen-bond donors (Lipinski definition) is 1. The lowest BCUT2D eigenvalue weighted by Gasteiger charge is -2.23. The van der Waals surface area contributed by atoms with Gasteiger partial charge in [-0.05, 0) is 28.7 Å². The monoisotopic (exact) mass is 237 g/mol. The van der Waals surface area contributed by atoms with Crippen molar-refractivity contribution in [2.45, 2.75) is 32.8 Å². The van der Waals surface area contributed by atoms with Gasteiger partial charge < -0.3 is 15.2 Å². The average Bonchev–Trinajstić information content (AvgIpc) is 2.28. The van der Waals surface area contributed by atoms with E-state index in [2.05, 4.69) is 26.8 Å². The lowest BCUT2D eigenvalue weighted by atomic mass is 9.85. The van der Waals surface area contributed by atoms with Gasteiger partial charge in [0.15, 0.2) is 0 Å². The van der Waals surface area contributed by atoms with E-state index in [-0.39, 0.29) is 5.41 Å². The first-order chi connectivity index (χ1) is 7.99. The van der Waals surface area contributed by atoms with Gasteiger partial charge in [-0.15, -0.1) is 0 Å². The van der Waals surface area contributed by atoms with Gasteiger partial charge in [-0.1, -0.05) is 26.8 Å². The predicted octanol–water partition coefficient (Wildman–Crippen LogP) is 2.47. The summed E-state index contributed by atoms with van der Waals surface area (Å²) in [4.78, 5) is 0. The van der Waals surface area contributed by atoms with Gasteiger partial charge >= 0.3 is 0 Å². The summed E-state index contributed by atoms with van der Waals surface area (Å²) in [5.74, 6) is 0.931. The Morgan fingerprint density at radius 3 is 2.47 bits per heavy atom. The second kappa shape index (κ2) is 6.03. The van der Waals surface area contributed by atoms with E-state index < -0.39 is 0 Å². The fourth-order valence-corrected chi connectivity index (χ4v) is 1.70. The molecule has 17 heavy (non-hydrogen) atoms. The van der Waals surface area contributed by atoms with Crippen molar-refractivity contribution in [2.24, 2.45) is 5.73 Å². The van der Waals surface area contributed by atoms with E-state index in [1.54, 1.807) is 7.11 Å². The minimum atomic E-state index is 0.0647. The Kier molecular flexibility index (Phi) is 4.97. The van der Waals surface area contributed by atoms with Gasteiger partial charge in [-0.2, -0.15) is 0 Å². The van der Waals surface area contributed by atoms with Crippen LogP contribution in [-0.2, 0) is 16.8 Å². The molecule has 0 aliphatic rings. The minimum Gasteiger partial charge on any atom is -0.496 e. The van der Waals surface area contributed by atoms with E-state index in [0.717, 1.165) is 11.3 Å². The topological polar surface area (TPSA) is 44.5 Å². The normalized spacial score (nSPS) is 11.6. The smallest absolute Gasteiger partial charge is 0.122 e. The summed E-state index contributed by atoms with van der Waals surface area (Å²) in [7, 11) is 1.70. The summed E-state index contributed by atoms with van der Waals surface area (Å²) in [6.07, 6.45) is 0. The zero-order valence-electron chi connectivity index (χ0n) is 11.2. The van der Waals surface area contributed by atoms with Crippen LogP contribution in [0.3, 0.4) is 0 Å². The number of benzene rings is 1. The Morgan fingerprint density at radius 2 is 1.94 bits per heavy atom. The van der Waals surface area contributed by atoms with Crippen LogP contribution in [0.1, 0.15) is 31.9 Å². The third-order valence-electron chi connectivity index (χ3n) is 2.60. The molecule has 0 fully saturated rings. The molecule has 1 aromatic carbocycles. The van der Waals surface area contributed by atoms with Crippen LogP contribution in [0.4, 0.5) is 0 Å². The van der Waals surface area contributed by atoms with Crippen LogP contribution in [0.25, 0.3) is 0 Å². The molecular weight excluding hydrogens is 214 g/mol. The largest absolute Gasteiger partial charge is 0.496 e. The van der Waals surface area contributed by atoms with E-state index >= 15 is 0 Å². The molecule has 0 unspecified atom stereocenters. The molecule has 3 heteroatoms. The van der Waals surface area contributed by atoms with E-state index in [9.17, 15) is 0 Å². The van der Waals surface area contributed by atoms with Crippen molar-refractivity contribution in [1.29, 1.82) is 0 Å². The molecule has 0 aliphatic heterocycles. The highest BCUT2D eigenvalue weighted by molar-refractivity contribution is 5.41. The SMILES string of the molecule is COc1ccc(COCCN)cc1C(C)(C)C. The van der Waals surface area contributed by atoms with Gasteiger partial charge in [0.1, 0.15) is 5.75 Å². The summed E-state index contributed by atoms with van der Waals surface area (Å²) in [6, 6.07) is 6.18. The first-order valence-corrected chi connectivity index (χ1v) is 5.94. The number of ether oxygens (including phenoxy) is 2. The molecular formula is C14H23NO2. The molecule has 0 amide bonds. The molecule has 2 N–H and O–H groups in total.